The Bertz CT molecular complexity index is 1210. The zero-order valence-corrected chi connectivity index (χ0v) is 23.4. The first-order valence-electron chi connectivity index (χ1n) is 14.6. The molecule has 2 saturated heterocycles. The molecule has 3 aliphatic heterocycles. The van der Waals surface area contributed by atoms with E-state index in [9.17, 15) is 22.8 Å². The Kier molecular flexibility index (Phi) is 9.62. The number of ketones is 1. The van der Waals surface area contributed by atoms with Crippen LogP contribution < -0.4 is 10.2 Å². The number of hydrogen-bond donors (Lipinski definition) is 1. The normalized spacial score (nSPS) is 19.8. The summed E-state index contributed by atoms with van der Waals surface area (Å²) in [6.45, 7) is 7.09. The van der Waals surface area contributed by atoms with Crippen LogP contribution in [0, 0.1) is 0 Å². The van der Waals surface area contributed by atoms with Crippen molar-refractivity contribution in [1.82, 2.24) is 15.1 Å². The van der Waals surface area contributed by atoms with Crippen LogP contribution >= 0.6 is 0 Å². The number of unbranched alkanes of at least 4 members (excludes halogenated alkanes) is 2. The lowest BCUT2D eigenvalue weighted by molar-refractivity contribution is -0.137. The second-order valence-electron chi connectivity index (χ2n) is 11.2. The molecule has 2 fully saturated rings. The predicted octanol–water partition coefficient (Wildman–Crippen LogP) is 4.03. The van der Waals surface area contributed by atoms with Gasteiger partial charge in [-0.25, -0.2) is 0 Å². The summed E-state index contributed by atoms with van der Waals surface area (Å²) in [4.78, 5) is 31.7. The number of carbonyl (C=O) groups excluding carboxylic acids is 2. The first-order chi connectivity index (χ1) is 19.8. The van der Waals surface area contributed by atoms with Crippen molar-refractivity contribution in [3.05, 3.63) is 64.7 Å². The summed E-state index contributed by atoms with van der Waals surface area (Å²) in [6.07, 6.45) is -1.05. The topological polar surface area (TPSA) is 65.1 Å². The van der Waals surface area contributed by atoms with E-state index < -0.39 is 11.7 Å². The van der Waals surface area contributed by atoms with Crippen molar-refractivity contribution >= 4 is 17.4 Å². The number of piperazine rings is 1. The summed E-state index contributed by atoms with van der Waals surface area (Å²) in [7, 11) is 0. The molecule has 41 heavy (non-hydrogen) atoms. The van der Waals surface area contributed by atoms with E-state index in [0.717, 1.165) is 68.2 Å². The van der Waals surface area contributed by atoms with Gasteiger partial charge in [-0.3, -0.25) is 14.5 Å². The van der Waals surface area contributed by atoms with E-state index in [1.54, 1.807) is 6.07 Å². The van der Waals surface area contributed by atoms with Crippen molar-refractivity contribution in [1.29, 1.82) is 0 Å². The van der Waals surface area contributed by atoms with E-state index in [0.29, 0.717) is 57.9 Å². The second-order valence-corrected chi connectivity index (χ2v) is 11.2. The molecule has 10 heteroatoms. The number of morpholine rings is 1. The largest absolute Gasteiger partial charge is 0.416 e. The van der Waals surface area contributed by atoms with E-state index >= 15 is 0 Å². The van der Waals surface area contributed by atoms with Crippen LogP contribution in [0.3, 0.4) is 0 Å². The SMILES string of the molecule is O=C(Cc1ccc2c(c1)CN(C(=O)CCCCCN1CCN(c3cccc(C(F)(F)F)c3)CC1)C2)C1CNCCO1. The maximum absolute atomic E-state index is 13.0. The van der Waals surface area contributed by atoms with Crippen LogP contribution in [-0.4, -0.2) is 80.0 Å². The monoisotopic (exact) mass is 572 g/mol. The van der Waals surface area contributed by atoms with Gasteiger partial charge in [0.15, 0.2) is 5.78 Å². The molecule has 0 saturated carbocycles. The van der Waals surface area contributed by atoms with E-state index in [1.165, 1.54) is 12.1 Å². The molecule has 222 valence electrons. The van der Waals surface area contributed by atoms with Crippen molar-refractivity contribution in [2.24, 2.45) is 0 Å². The molecule has 1 amide bonds. The number of benzene rings is 2. The van der Waals surface area contributed by atoms with Crippen LogP contribution in [0.5, 0.6) is 0 Å². The van der Waals surface area contributed by atoms with Gasteiger partial charge in [0, 0.05) is 70.9 Å². The molecular formula is C31H39F3N4O3. The number of carbonyl (C=O) groups is 2. The van der Waals surface area contributed by atoms with Crippen molar-refractivity contribution < 1.29 is 27.5 Å². The molecule has 7 nitrogen and oxygen atoms in total. The van der Waals surface area contributed by atoms with Crippen LogP contribution in [0.1, 0.15) is 47.9 Å². The van der Waals surface area contributed by atoms with E-state index in [4.69, 9.17) is 4.74 Å². The van der Waals surface area contributed by atoms with Gasteiger partial charge in [-0.1, -0.05) is 30.7 Å². The minimum absolute atomic E-state index is 0.0840. The van der Waals surface area contributed by atoms with Gasteiger partial charge < -0.3 is 19.9 Å². The molecule has 3 aliphatic rings. The Morgan fingerprint density at radius 3 is 2.51 bits per heavy atom. The van der Waals surface area contributed by atoms with Crippen molar-refractivity contribution in [2.75, 3.05) is 57.3 Å². The zero-order valence-electron chi connectivity index (χ0n) is 23.4. The number of hydrogen-bond acceptors (Lipinski definition) is 6. The lowest BCUT2D eigenvalue weighted by Crippen LogP contribution is -2.46. The van der Waals surface area contributed by atoms with Crippen LogP contribution in [0.2, 0.25) is 0 Å². The number of Topliss-reactive ketones (excluding diaryl/α,β-unsaturated/α-hetero) is 1. The van der Waals surface area contributed by atoms with Gasteiger partial charge in [0.25, 0.3) is 0 Å². The fourth-order valence-corrected chi connectivity index (χ4v) is 5.88. The highest BCUT2D eigenvalue weighted by Crippen LogP contribution is 2.32. The summed E-state index contributed by atoms with van der Waals surface area (Å²) in [5, 5.41) is 3.19. The predicted molar refractivity (Wildman–Crippen MR) is 151 cm³/mol. The Balaban J connectivity index is 0.978. The van der Waals surface area contributed by atoms with Gasteiger partial charge in [0.05, 0.1) is 12.2 Å². The first-order valence-corrected chi connectivity index (χ1v) is 14.6. The highest BCUT2D eigenvalue weighted by atomic mass is 19.4. The van der Waals surface area contributed by atoms with Crippen LogP contribution in [0.4, 0.5) is 18.9 Å². The Morgan fingerprint density at radius 1 is 0.951 bits per heavy atom. The summed E-state index contributed by atoms with van der Waals surface area (Å²) in [5.41, 5.74) is 3.25. The van der Waals surface area contributed by atoms with Gasteiger partial charge in [-0.15, -0.1) is 0 Å². The van der Waals surface area contributed by atoms with Gasteiger partial charge in [-0.05, 0) is 54.3 Å². The number of halogens is 3. The average molecular weight is 573 g/mol. The van der Waals surface area contributed by atoms with Crippen LogP contribution in [0.25, 0.3) is 0 Å². The molecule has 2 aromatic rings. The Morgan fingerprint density at radius 2 is 1.76 bits per heavy atom. The highest BCUT2D eigenvalue weighted by molar-refractivity contribution is 5.85. The van der Waals surface area contributed by atoms with E-state index in [2.05, 4.69) is 16.3 Å². The molecule has 0 radical (unpaired) electrons. The highest BCUT2D eigenvalue weighted by Gasteiger charge is 2.31. The number of alkyl halides is 3. The molecule has 0 aromatic heterocycles. The summed E-state index contributed by atoms with van der Waals surface area (Å²) in [5.74, 6) is 0.246. The molecule has 1 atom stereocenters. The van der Waals surface area contributed by atoms with Crippen molar-refractivity contribution in [3.8, 4) is 0 Å². The quantitative estimate of drug-likeness (QED) is 0.434. The fourth-order valence-electron chi connectivity index (χ4n) is 5.88. The smallest absolute Gasteiger partial charge is 0.369 e. The molecule has 5 rings (SSSR count). The van der Waals surface area contributed by atoms with Gasteiger partial charge in [0.2, 0.25) is 5.91 Å². The van der Waals surface area contributed by atoms with Crippen molar-refractivity contribution in [3.63, 3.8) is 0 Å². The third-order valence-corrected chi connectivity index (χ3v) is 8.29. The average Bonchev–Trinajstić information content (AvgIpc) is 3.41. The lowest BCUT2D eigenvalue weighted by Gasteiger charge is -2.36. The molecule has 0 bridgehead atoms. The zero-order chi connectivity index (χ0) is 28.8. The molecule has 1 unspecified atom stereocenters. The first kappa shape index (κ1) is 29.5. The van der Waals surface area contributed by atoms with Crippen LogP contribution in [0.15, 0.2) is 42.5 Å². The number of fused-ring (bicyclic) bond motifs is 1. The Labute approximate surface area is 239 Å². The van der Waals surface area contributed by atoms with Gasteiger partial charge in [-0.2, -0.15) is 13.2 Å². The third-order valence-electron chi connectivity index (χ3n) is 8.29. The number of nitrogens with zero attached hydrogens (tertiary/aromatic N) is 3. The minimum atomic E-state index is -4.33. The Hall–Kier alpha value is -2.95. The van der Waals surface area contributed by atoms with E-state index in [1.807, 2.05) is 21.9 Å². The maximum Gasteiger partial charge on any atom is 0.416 e. The lowest BCUT2D eigenvalue weighted by atomic mass is 10.0. The summed E-state index contributed by atoms with van der Waals surface area (Å²) >= 11 is 0. The standard InChI is InChI=1S/C31H39F3N4O3/c32-31(33,34)26-5-4-6-27(19-26)37-14-12-36(13-15-37)11-3-1-2-7-30(40)38-21-24-9-8-23(17-25(24)22-38)18-28(39)29-20-35-10-16-41-29/h4-6,8-9,17,19,29,35H,1-3,7,10-16,18,20-22H2. The maximum atomic E-state index is 13.0. The minimum Gasteiger partial charge on any atom is -0.369 e. The summed E-state index contributed by atoms with van der Waals surface area (Å²) in [6, 6.07) is 11.6. The third kappa shape index (κ3) is 7.87. The van der Waals surface area contributed by atoms with Gasteiger partial charge in [0.1, 0.15) is 6.10 Å². The van der Waals surface area contributed by atoms with Gasteiger partial charge >= 0.3 is 6.18 Å². The van der Waals surface area contributed by atoms with E-state index in [-0.39, 0.29) is 17.8 Å². The molecule has 3 heterocycles. The number of rotatable bonds is 10. The summed E-state index contributed by atoms with van der Waals surface area (Å²) < 4.78 is 44.7. The number of amides is 1. The van der Waals surface area contributed by atoms with Crippen molar-refractivity contribution in [2.45, 2.75) is 57.5 Å². The second kappa shape index (κ2) is 13.4. The molecule has 1 N–H and O–H groups in total. The number of ether oxygens (including phenoxy) is 1. The number of nitrogens with one attached hydrogen (secondary N) is 1. The molecule has 0 aliphatic carbocycles. The van der Waals surface area contributed by atoms with Crippen LogP contribution in [-0.2, 0) is 40.0 Å². The molecular weight excluding hydrogens is 533 g/mol. The molecule has 2 aromatic carbocycles. The fraction of sp³-hybridized carbons (Fsp3) is 0.548. The number of anilines is 1. The molecule has 0 spiro atoms.